The maximum absolute atomic E-state index is 12.8. The molecule has 0 unspecified atom stereocenters. The van der Waals surface area contributed by atoms with Gasteiger partial charge in [-0.05, 0) is 36.8 Å². The highest BCUT2D eigenvalue weighted by Gasteiger charge is 2.16. The van der Waals surface area contributed by atoms with E-state index in [0.717, 1.165) is 5.76 Å². The molecule has 1 atom stereocenters. The number of nitrogens with one attached hydrogen (secondary N) is 1. The Hall–Kier alpha value is -1.66. The average Bonchev–Trinajstić information content (AvgIpc) is 2.83. The summed E-state index contributed by atoms with van der Waals surface area (Å²) in [5, 5.41) is 0. The Bertz CT molecular complexity index is 636. The molecule has 1 N–H and O–H groups in total. The van der Waals surface area contributed by atoms with Gasteiger partial charge in [0.2, 0.25) is 10.0 Å². The van der Waals surface area contributed by atoms with Crippen LogP contribution in [0.3, 0.4) is 0 Å². The van der Waals surface area contributed by atoms with E-state index in [1.807, 2.05) is 0 Å². The Labute approximate surface area is 117 Å². The summed E-state index contributed by atoms with van der Waals surface area (Å²) in [4.78, 5) is 0. The van der Waals surface area contributed by atoms with Crippen molar-refractivity contribution in [1.82, 2.24) is 4.72 Å². The van der Waals surface area contributed by atoms with Crippen LogP contribution in [0.25, 0.3) is 0 Å². The number of rotatable bonds is 6. The molecule has 2 aromatic rings. The first-order valence-corrected chi connectivity index (χ1v) is 7.87. The molecule has 0 spiro atoms. The molecule has 0 radical (unpaired) electrons. The van der Waals surface area contributed by atoms with E-state index in [1.165, 1.54) is 24.3 Å². The van der Waals surface area contributed by atoms with Crippen molar-refractivity contribution >= 4 is 10.0 Å². The fourth-order valence-corrected chi connectivity index (χ4v) is 3.33. The van der Waals surface area contributed by atoms with E-state index < -0.39 is 10.0 Å². The Morgan fingerprint density at radius 1 is 1.25 bits per heavy atom. The van der Waals surface area contributed by atoms with Gasteiger partial charge < -0.3 is 4.42 Å². The smallest absolute Gasteiger partial charge is 0.216 e. The maximum atomic E-state index is 12.8. The Morgan fingerprint density at radius 3 is 2.55 bits per heavy atom. The van der Waals surface area contributed by atoms with Gasteiger partial charge in [-0.15, -0.1) is 0 Å². The lowest BCUT2D eigenvalue weighted by molar-refractivity contribution is 0.479. The van der Waals surface area contributed by atoms with E-state index in [-0.39, 0.29) is 17.6 Å². The predicted octanol–water partition coefficient (Wildman–Crippen LogP) is 2.47. The molecule has 1 aromatic heterocycles. The van der Waals surface area contributed by atoms with E-state index in [2.05, 4.69) is 4.72 Å². The quantitative estimate of drug-likeness (QED) is 0.891. The molecular formula is C14H16FNO3S. The van der Waals surface area contributed by atoms with Crippen molar-refractivity contribution in [1.29, 1.82) is 0 Å². The van der Waals surface area contributed by atoms with Crippen LogP contribution in [0, 0.1) is 5.82 Å². The lowest BCUT2D eigenvalue weighted by Crippen LogP contribution is -2.34. The first-order chi connectivity index (χ1) is 9.44. The van der Waals surface area contributed by atoms with E-state index in [4.69, 9.17) is 4.42 Å². The van der Waals surface area contributed by atoms with Gasteiger partial charge in [0, 0.05) is 12.5 Å². The standard InChI is InChI=1S/C14H16FNO3S/c1-11(9-14-3-2-8-19-14)16-20(17,18)10-12-4-6-13(15)7-5-12/h2-8,11,16H,9-10H2,1H3/t11-/m0/s1. The summed E-state index contributed by atoms with van der Waals surface area (Å²) < 4.78 is 44.5. The molecule has 20 heavy (non-hydrogen) atoms. The normalized spacial score (nSPS) is 13.3. The highest BCUT2D eigenvalue weighted by Crippen LogP contribution is 2.09. The first-order valence-electron chi connectivity index (χ1n) is 6.21. The second-order valence-electron chi connectivity index (χ2n) is 4.69. The SMILES string of the molecule is C[C@@H](Cc1ccco1)NS(=O)(=O)Cc1ccc(F)cc1. The zero-order chi connectivity index (χ0) is 14.6. The van der Waals surface area contributed by atoms with Crippen LogP contribution in [0.2, 0.25) is 0 Å². The second-order valence-corrected chi connectivity index (χ2v) is 6.44. The van der Waals surface area contributed by atoms with E-state index >= 15 is 0 Å². The van der Waals surface area contributed by atoms with E-state index in [9.17, 15) is 12.8 Å². The lowest BCUT2D eigenvalue weighted by Gasteiger charge is -2.13. The van der Waals surface area contributed by atoms with Crippen LogP contribution in [0.4, 0.5) is 4.39 Å². The molecule has 4 nitrogen and oxygen atoms in total. The molecule has 1 heterocycles. The van der Waals surface area contributed by atoms with Crippen LogP contribution in [-0.2, 0) is 22.2 Å². The number of benzene rings is 1. The molecule has 0 saturated carbocycles. The van der Waals surface area contributed by atoms with Crippen molar-refractivity contribution in [3.63, 3.8) is 0 Å². The molecule has 6 heteroatoms. The Morgan fingerprint density at radius 2 is 1.95 bits per heavy atom. The minimum absolute atomic E-state index is 0.171. The van der Waals surface area contributed by atoms with E-state index in [1.54, 1.807) is 25.3 Å². The van der Waals surface area contributed by atoms with Crippen LogP contribution in [-0.4, -0.2) is 14.5 Å². The van der Waals surface area contributed by atoms with E-state index in [0.29, 0.717) is 12.0 Å². The summed E-state index contributed by atoms with van der Waals surface area (Å²) in [5.41, 5.74) is 0.545. The van der Waals surface area contributed by atoms with Gasteiger partial charge in [0.25, 0.3) is 0 Å². The second kappa shape index (κ2) is 6.19. The molecule has 0 bridgehead atoms. The summed E-state index contributed by atoms with van der Waals surface area (Å²) in [6.07, 6.45) is 2.03. The molecular weight excluding hydrogens is 281 g/mol. The van der Waals surface area contributed by atoms with Crippen LogP contribution in [0.1, 0.15) is 18.2 Å². The number of hydrogen-bond acceptors (Lipinski definition) is 3. The molecule has 0 aliphatic heterocycles. The summed E-state index contributed by atoms with van der Waals surface area (Å²) >= 11 is 0. The molecule has 2 rings (SSSR count). The molecule has 0 aliphatic rings. The largest absolute Gasteiger partial charge is 0.469 e. The molecule has 0 saturated heterocycles. The summed E-state index contributed by atoms with van der Waals surface area (Å²) in [6, 6.07) is 8.71. The third-order valence-electron chi connectivity index (χ3n) is 2.74. The monoisotopic (exact) mass is 297 g/mol. The lowest BCUT2D eigenvalue weighted by atomic mass is 10.2. The molecule has 0 fully saturated rings. The minimum atomic E-state index is -3.46. The summed E-state index contributed by atoms with van der Waals surface area (Å²) in [7, 11) is -3.46. The number of furan rings is 1. The highest BCUT2D eigenvalue weighted by molar-refractivity contribution is 7.88. The maximum Gasteiger partial charge on any atom is 0.216 e. The number of hydrogen-bond donors (Lipinski definition) is 1. The Balaban J connectivity index is 1.94. The fourth-order valence-electron chi connectivity index (χ4n) is 1.92. The molecule has 0 amide bonds. The predicted molar refractivity (Wildman–Crippen MR) is 74.0 cm³/mol. The van der Waals surface area contributed by atoms with Crippen LogP contribution >= 0.6 is 0 Å². The fraction of sp³-hybridized carbons (Fsp3) is 0.286. The number of sulfonamides is 1. The molecule has 108 valence electrons. The van der Waals surface area contributed by atoms with Gasteiger partial charge in [0.15, 0.2) is 0 Å². The van der Waals surface area contributed by atoms with Crippen molar-refractivity contribution in [2.75, 3.05) is 0 Å². The zero-order valence-electron chi connectivity index (χ0n) is 11.0. The van der Waals surface area contributed by atoms with Gasteiger partial charge in [-0.3, -0.25) is 0 Å². The minimum Gasteiger partial charge on any atom is -0.469 e. The van der Waals surface area contributed by atoms with Crippen molar-refractivity contribution in [2.45, 2.75) is 25.1 Å². The average molecular weight is 297 g/mol. The summed E-state index contributed by atoms with van der Waals surface area (Å²) in [5.74, 6) is 0.169. The van der Waals surface area contributed by atoms with Gasteiger partial charge in [-0.25, -0.2) is 17.5 Å². The van der Waals surface area contributed by atoms with Crippen LogP contribution in [0.15, 0.2) is 47.1 Å². The van der Waals surface area contributed by atoms with Crippen LogP contribution < -0.4 is 4.72 Å². The third kappa shape index (κ3) is 4.47. The van der Waals surface area contributed by atoms with Gasteiger partial charge >= 0.3 is 0 Å². The van der Waals surface area contributed by atoms with Crippen molar-refractivity contribution in [3.8, 4) is 0 Å². The number of halogens is 1. The molecule has 1 aromatic carbocycles. The topological polar surface area (TPSA) is 59.3 Å². The van der Waals surface area contributed by atoms with Crippen molar-refractivity contribution in [2.24, 2.45) is 0 Å². The third-order valence-corrected chi connectivity index (χ3v) is 4.21. The van der Waals surface area contributed by atoms with Crippen molar-refractivity contribution < 1.29 is 17.2 Å². The van der Waals surface area contributed by atoms with Gasteiger partial charge in [-0.2, -0.15) is 0 Å². The highest BCUT2D eigenvalue weighted by atomic mass is 32.2. The van der Waals surface area contributed by atoms with Gasteiger partial charge in [0.05, 0.1) is 12.0 Å². The van der Waals surface area contributed by atoms with Crippen LogP contribution in [0.5, 0.6) is 0 Å². The molecule has 0 aliphatic carbocycles. The van der Waals surface area contributed by atoms with Gasteiger partial charge in [-0.1, -0.05) is 12.1 Å². The van der Waals surface area contributed by atoms with Gasteiger partial charge in [0.1, 0.15) is 11.6 Å². The zero-order valence-corrected chi connectivity index (χ0v) is 11.9. The first kappa shape index (κ1) is 14.7. The Kier molecular flexibility index (Phi) is 4.57. The van der Waals surface area contributed by atoms with Crippen molar-refractivity contribution in [3.05, 3.63) is 59.8 Å². The summed E-state index contributed by atoms with van der Waals surface area (Å²) in [6.45, 7) is 1.77.